The van der Waals surface area contributed by atoms with Gasteiger partial charge in [0.15, 0.2) is 0 Å². The van der Waals surface area contributed by atoms with Gasteiger partial charge in [0, 0.05) is 22.6 Å². The second kappa shape index (κ2) is 6.05. The van der Waals surface area contributed by atoms with Crippen molar-refractivity contribution < 1.29 is 13.2 Å². The highest BCUT2D eigenvalue weighted by molar-refractivity contribution is 5.86. The molecule has 0 saturated carbocycles. The Kier molecular flexibility index (Phi) is 3.80. The summed E-state index contributed by atoms with van der Waals surface area (Å²) in [6, 6.07) is 17.9. The van der Waals surface area contributed by atoms with E-state index in [0.717, 1.165) is 6.07 Å². The summed E-state index contributed by atoms with van der Waals surface area (Å²) < 4.78 is 42.7. The van der Waals surface area contributed by atoms with Crippen molar-refractivity contribution in [3.8, 4) is 17.1 Å². The standard InChI is InChI=1S/C20H15F3N4/c21-20(22,23)16-10-12(24)6-8-15(16)19-26-17-11-13(25)7-9-18(17)27(19)14-4-2-1-3-5-14/h1-11H,24-25H2. The molecule has 0 radical (unpaired) electrons. The van der Waals surface area contributed by atoms with Crippen LogP contribution in [0.3, 0.4) is 0 Å². The third-order valence-electron chi connectivity index (χ3n) is 4.28. The Bertz CT molecular complexity index is 1130. The largest absolute Gasteiger partial charge is 0.417 e. The maximum Gasteiger partial charge on any atom is 0.417 e. The SMILES string of the molecule is Nc1ccc(-c2nc3cc(N)ccc3n2-c2ccccc2)c(C(F)(F)F)c1. The number of imidazole rings is 1. The van der Waals surface area contributed by atoms with Crippen molar-refractivity contribution in [1.82, 2.24) is 9.55 Å². The predicted octanol–water partition coefficient (Wildman–Crippen LogP) is 4.88. The van der Waals surface area contributed by atoms with Gasteiger partial charge in [-0.2, -0.15) is 13.2 Å². The minimum absolute atomic E-state index is 0.0395. The van der Waals surface area contributed by atoms with Crippen LogP contribution in [-0.4, -0.2) is 9.55 Å². The molecule has 1 heterocycles. The third-order valence-corrected chi connectivity index (χ3v) is 4.28. The van der Waals surface area contributed by atoms with Crippen LogP contribution in [0, 0.1) is 0 Å². The molecule has 27 heavy (non-hydrogen) atoms. The van der Waals surface area contributed by atoms with Crippen LogP contribution in [0.5, 0.6) is 0 Å². The Morgan fingerprint density at radius 2 is 1.48 bits per heavy atom. The summed E-state index contributed by atoms with van der Waals surface area (Å²) in [6.07, 6.45) is -4.57. The van der Waals surface area contributed by atoms with E-state index in [4.69, 9.17) is 11.5 Å². The van der Waals surface area contributed by atoms with Gasteiger partial charge in [-0.3, -0.25) is 4.57 Å². The Morgan fingerprint density at radius 1 is 0.815 bits per heavy atom. The summed E-state index contributed by atoms with van der Waals surface area (Å²) in [7, 11) is 0. The van der Waals surface area contributed by atoms with E-state index >= 15 is 0 Å². The zero-order valence-corrected chi connectivity index (χ0v) is 14.0. The van der Waals surface area contributed by atoms with Gasteiger partial charge in [0.2, 0.25) is 0 Å². The number of hydrogen-bond donors (Lipinski definition) is 2. The first-order chi connectivity index (χ1) is 12.8. The molecule has 0 unspecified atom stereocenters. The minimum Gasteiger partial charge on any atom is -0.399 e. The highest BCUT2D eigenvalue weighted by atomic mass is 19.4. The number of nitrogen functional groups attached to an aromatic ring is 2. The lowest BCUT2D eigenvalue weighted by molar-refractivity contribution is -0.137. The lowest BCUT2D eigenvalue weighted by atomic mass is 10.1. The molecule has 0 aliphatic heterocycles. The van der Waals surface area contributed by atoms with E-state index in [1.165, 1.54) is 12.1 Å². The molecular formula is C20H15F3N4. The lowest BCUT2D eigenvalue weighted by Gasteiger charge is -2.15. The molecule has 0 bridgehead atoms. The molecule has 0 amide bonds. The van der Waals surface area contributed by atoms with Crippen molar-refractivity contribution in [1.29, 1.82) is 0 Å². The topological polar surface area (TPSA) is 69.9 Å². The first kappa shape index (κ1) is 17.0. The highest BCUT2D eigenvalue weighted by Gasteiger charge is 2.35. The number of fused-ring (bicyclic) bond motifs is 1. The van der Waals surface area contributed by atoms with Gasteiger partial charge in [0.25, 0.3) is 0 Å². The van der Waals surface area contributed by atoms with Gasteiger partial charge in [-0.25, -0.2) is 4.98 Å². The van der Waals surface area contributed by atoms with Crippen molar-refractivity contribution in [2.24, 2.45) is 0 Å². The summed E-state index contributed by atoms with van der Waals surface area (Å²) >= 11 is 0. The molecular weight excluding hydrogens is 353 g/mol. The van der Waals surface area contributed by atoms with Crippen LogP contribution in [0.2, 0.25) is 0 Å². The molecule has 0 fully saturated rings. The molecule has 0 saturated heterocycles. The molecule has 0 aliphatic rings. The number of benzene rings is 3. The van der Waals surface area contributed by atoms with Gasteiger partial charge < -0.3 is 11.5 Å². The van der Waals surface area contributed by atoms with E-state index < -0.39 is 11.7 Å². The number of rotatable bonds is 2. The van der Waals surface area contributed by atoms with E-state index in [1.807, 2.05) is 30.3 Å². The van der Waals surface area contributed by atoms with E-state index in [2.05, 4.69) is 4.98 Å². The van der Waals surface area contributed by atoms with Crippen LogP contribution in [0.4, 0.5) is 24.5 Å². The Balaban J connectivity index is 2.09. The number of alkyl halides is 3. The zero-order chi connectivity index (χ0) is 19.2. The highest BCUT2D eigenvalue weighted by Crippen LogP contribution is 2.39. The first-order valence-corrected chi connectivity index (χ1v) is 8.15. The van der Waals surface area contributed by atoms with E-state index in [1.54, 1.807) is 22.8 Å². The molecule has 0 aliphatic carbocycles. The molecule has 1 aromatic heterocycles. The smallest absolute Gasteiger partial charge is 0.399 e. The summed E-state index contributed by atoms with van der Waals surface area (Å²) in [5, 5.41) is 0. The first-order valence-electron chi connectivity index (χ1n) is 8.15. The molecule has 0 atom stereocenters. The van der Waals surface area contributed by atoms with Crippen molar-refractivity contribution in [3.05, 3.63) is 72.3 Å². The van der Waals surface area contributed by atoms with Gasteiger partial charge in [0.05, 0.1) is 16.6 Å². The maximum absolute atomic E-state index is 13.7. The normalized spacial score (nSPS) is 11.8. The van der Waals surface area contributed by atoms with Crippen molar-refractivity contribution in [3.63, 3.8) is 0 Å². The van der Waals surface area contributed by atoms with E-state index in [9.17, 15) is 13.2 Å². The molecule has 0 spiro atoms. The third kappa shape index (κ3) is 2.97. The van der Waals surface area contributed by atoms with Crippen molar-refractivity contribution in [2.45, 2.75) is 6.18 Å². The molecule has 4 rings (SSSR count). The van der Waals surface area contributed by atoms with Gasteiger partial charge in [-0.05, 0) is 48.5 Å². The van der Waals surface area contributed by atoms with Crippen LogP contribution in [-0.2, 0) is 6.18 Å². The number of nitrogens with zero attached hydrogens (tertiary/aromatic N) is 2. The Hall–Kier alpha value is -3.48. The molecule has 4 nitrogen and oxygen atoms in total. The molecule has 3 aromatic carbocycles. The summed E-state index contributed by atoms with van der Waals surface area (Å²) in [5.41, 5.74) is 13.0. The zero-order valence-electron chi connectivity index (χ0n) is 14.0. The summed E-state index contributed by atoms with van der Waals surface area (Å²) in [4.78, 5) is 4.47. The van der Waals surface area contributed by atoms with Crippen LogP contribution >= 0.6 is 0 Å². The average molecular weight is 368 g/mol. The molecule has 7 heteroatoms. The number of halogens is 3. The fourth-order valence-electron chi connectivity index (χ4n) is 3.11. The monoisotopic (exact) mass is 368 g/mol. The van der Waals surface area contributed by atoms with Crippen molar-refractivity contribution in [2.75, 3.05) is 11.5 Å². The second-order valence-corrected chi connectivity index (χ2v) is 6.16. The second-order valence-electron chi connectivity index (χ2n) is 6.16. The molecule has 4 aromatic rings. The van der Waals surface area contributed by atoms with E-state index in [-0.39, 0.29) is 17.1 Å². The average Bonchev–Trinajstić information content (AvgIpc) is 3.00. The fourth-order valence-corrected chi connectivity index (χ4v) is 3.11. The minimum atomic E-state index is -4.57. The summed E-state index contributed by atoms with van der Waals surface area (Å²) in [5.74, 6) is 0.175. The van der Waals surface area contributed by atoms with Crippen LogP contribution < -0.4 is 11.5 Å². The number of nitrogens with two attached hydrogens (primary N) is 2. The van der Waals surface area contributed by atoms with Gasteiger partial charge in [0.1, 0.15) is 5.82 Å². The maximum atomic E-state index is 13.7. The predicted molar refractivity (Wildman–Crippen MR) is 100 cm³/mol. The van der Waals surface area contributed by atoms with Gasteiger partial charge >= 0.3 is 6.18 Å². The van der Waals surface area contributed by atoms with Gasteiger partial charge in [-0.1, -0.05) is 18.2 Å². The molecule has 136 valence electrons. The van der Waals surface area contributed by atoms with E-state index in [0.29, 0.717) is 22.4 Å². The Labute approximate surface area is 152 Å². The lowest BCUT2D eigenvalue weighted by Crippen LogP contribution is -2.10. The fraction of sp³-hybridized carbons (Fsp3) is 0.0500. The van der Waals surface area contributed by atoms with Crippen LogP contribution in [0.1, 0.15) is 5.56 Å². The quantitative estimate of drug-likeness (QED) is 0.496. The number of aromatic nitrogens is 2. The van der Waals surface area contributed by atoms with Crippen LogP contribution in [0.15, 0.2) is 66.7 Å². The number of para-hydroxylation sites is 1. The van der Waals surface area contributed by atoms with Crippen molar-refractivity contribution >= 4 is 22.4 Å². The van der Waals surface area contributed by atoms with Crippen LogP contribution in [0.25, 0.3) is 28.1 Å². The Morgan fingerprint density at radius 3 is 2.19 bits per heavy atom. The summed E-state index contributed by atoms with van der Waals surface area (Å²) in [6.45, 7) is 0. The number of hydrogen-bond acceptors (Lipinski definition) is 3. The number of anilines is 2. The molecule has 4 N–H and O–H groups in total. The van der Waals surface area contributed by atoms with Gasteiger partial charge in [-0.15, -0.1) is 0 Å².